The summed E-state index contributed by atoms with van der Waals surface area (Å²) >= 11 is 0. The molecule has 38 valence electrons. The van der Waals surface area contributed by atoms with E-state index in [9.17, 15) is 0 Å². The van der Waals surface area contributed by atoms with E-state index in [1.165, 1.54) is 19.3 Å². The Hall–Kier alpha value is -0.260. The normalized spacial score (nSPS) is 54.6. The van der Waals surface area contributed by atoms with E-state index in [1.54, 1.807) is 0 Å². The zero-order valence-corrected chi connectivity index (χ0v) is 4.48. The lowest BCUT2D eigenvalue weighted by atomic mass is 9.45. The molecule has 0 aromatic rings. The molecule has 0 aliphatic heterocycles. The van der Waals surface area contributed by atoms with E-state index in [2.05, 4.69) is 12.7 Å². The van der Waals surface area contributed by atoms with Crippen LogP contribution in [0.2, 0.25) is 0 Å². The minimum atomic E-state index is 0.671. The van der Waals surface area contributed by atoms with Gasteiger partial charge in [-0.1, -0.05) is 6.08 Å². The van der Waals surface area contributed by atoms with Crippen LogP contribution in [0.3, 0.4) is 0 Å². The van der Waals surface area contributed by atoms with Gasteiger partial charge in [-0.05, 0) is 30.6 Å². The van der Waals surface area contributed by atoms with Crippen molar-refractivity contribution >= 4 is 0 Å². The summed E-state index contributed by atoms with van der Waals surface area (Å²) in [7, 11) is 0. The Bertz CT molecular complexity index is 96.2. The Morgan fingerprint density at radius 1 is 1.43 bits per heavy atom. The maximum atomic E-state index is 3.79. The quantitative estimate of drug-likeness (QED) is 0.436. The highest BCUT2D eigenvalue weighted by atomic mass is 14.6. The summed E-state index contributed by atoms with van der Waals surface area (Å²) in [6.45, 7) is 3.79. The van der Waals surface area contributed by atoms with Gasteiger partial charge in [-0.3, -0.25) is 0 Å². The molecule has 0 radical (unpaired) electrons. The van der Waals surface area contributed by atoms with E-state index >= 15 is 0 Å². The number of hydrogen-bond acceptors (Lipinski definition) is 0. The van der Waals surface area contributed by atoms with Gasteiger partial charge in [-0.25, -0.2) is 0 Å². The van der Waals surface area contributed by atoms with Gasteiger partial charge in [0.25, 0.3) is 0 Å². The first-order chi connectivity index (χ1) is 3.35. The van der Waals surface area contributed by atoms with Crippen molar-refractivity contribution in [3.05, 3.63) is 12.7 Å². The molecule has 0 heterocycles. The zero-order valence-electron chi connectivity index (χ0n) is 4.48. The molecule has 2 bridgehead atoms. The van der Waals surface area contributed by atoms with Crippen LogP contribution in [0.5, 0.6) is 0 Å². The largest absolute Gasteiger partial charge is 0.103 e. The third-order valence-electron chi connectivity index (χ3n) is 2.52. The van der Waals surface area contributed by atoms with Gasteiger partial charge in [0.1, 0.15) is 0 Å². The van der Waals surface area contributed by atoms with Gasteiger partial charge in [0.2, 0.25) is 0 Å². The van der Waals surface area contributed by atoms with Crippen molar-refractivity contribution in [2.75, 3.05) is 0 Å². The molecule has 0 aromatic heterocycles. The van der Waals surface area contributed by atoms with Gasteiger partial charge in [0.15, 0.2) is 0 Å². The average molecular weight is 94.2 g/mol. The molecule has 3 fully saturated rings. The third kappa shape index (κ3) is 0.255. The number of rotatable bonds is 1. The first-order valence-corrected chi connectivity index (χ1v) is 2.98. The molecule has 3 saturated carbocycles. The monoisotopic (exact) mass is 94.1 g/mol. The molecule has 0 unspecified atom stereocenters. The molecule has 7 heavy (non-hydrogen) atoms. The van der Waals surface area contributed by atoms with Crippen LogP contribution in [0.1, 0.15) is 19.3 Å². The topological polar surface area (TPSA) is 0 Å². The summed E-state index contributed by atoms with van der Waals surface area (Å²) < 4.78 is 0. The van der Waals surface area contributed by atoms with Crippen LogP contribution in [0, 0.1) is 11.3 Å². The van der Waals surface area contributed by atoms with E-state index in [-0.39, 0.29) is 0 Å². The predicted octanol–water partition coefficient (Wildman–Crippen LogP) is 1.97. The summed E-state index contributed by atoms with van der Waals surface area (Å²) in [5, 5.41) is 0. The fourth-order valence-corrected chi connectivity index (χ4v) is 1.80. The van der Waals surface area contributed by atoms with Crippen molar-refractivity contribution in [1.82, 2.24) is 0 Å². The fourth-order valence-electron chi connectivity index (χ4n) is 1.80. The van der Waals surface area contributed by atoms with Gasteiger partial charge in [0.05, 0.1) is 0 Å². The zero-order chi connectivity index (χ0) is 4.91. The number of hydrogen-bond donors (Lipinski definition) is 0. The molecule has 3 aliphatic rings. The Morgan fingerprint density at radius 3 is 2.00 bits per heavy atom. The lowest BCUT2D eigenvalue weighted by Crippen LogP contribution is -2.49. The molecule has 0 atom stereocenters. The molecule has 3 aliphatic carbocycles. The lowest BCUT2D eigenvalue weighted by Gasteiger charge is -2.60. The predicted molar refractivity (Wildman–Crippen MR) is 30.0 cm³/mol. The molecular formula is C7H10. The summed E-state index contributed by atoms with van der Waals surface area (Å²) in [5.41, 5.74) is 0.671. The van der Waals surface area contributed by atoms with E-state index < -0.39 is 0 Å². The van der Waals surface area contributed by atoms with Crippen LogP contribution in [-0.4, -0.2) is 0 Å². The van der Waals surface area contributed by atoms with E-state index in [1.807, 2.05) is 0 Å². The molecule has 0 heteroatoms. The third-order valence-corrected chi connectivity index (χ3v) is 2.52. The van der Waals surface area contributed by atoms with E-state index in [0.29, 0.717) is 5.41 Å². The van der Waals surface area contributed by atoms with Crippen LogP contribution < -0.4 is 0 Å². The van der Waals surface area contributed by atoms with Crippen molar-refractivity contribution in [1.29, 1.82) is 0 Å². The van der Waals surface area contributed by atoms with Crippen molar-refractivity contribution < 1.29 is 0 Å². The second-order valence-corrected chi connectivity index (χ2v) is 3.04. The van der Waals surface area contributed by atoms with Crippen LogP contribution in [-0.2, 0) is 0 Å². The first-order valence-electron chi connectivity index (χ1n) is 2.98. The maximum absolute atomic E-state index is 3.79. The smallest absolute Gasteiger partial charge is 0.0113 e. The van der Waals surface area contributed by atoms with Gasteiger partial charge < -0.3 is 0 Å². The molecule has 0 saturated heterocycles. The fraction of sp³-hybridized carbons (Fsp3) is 0.714. The standard InChI is InChI=1S/C7H10/c1-2-7-3-6(4-7)5-7/h2,6H,1,3-5H2. The van der Waals surface area contributed by atoms with Crippen LogP contribution in [0.4, 0.5) is 0 Å². The van der Waals surface area contributed by atoms with Crippen LogP contribution >= 0.6 is 0 Å². The van der Waals surface area contributed by atoms with Gasteiger partial charge in [-0.2, -0.15) is 0 Å². The molecule has 0 amide bonds. The van der Waals surface area contributed by atoms with Gasteiger partial charge in [0, 0.05) is 0 Å². The van der Waals surface area contributed by atoms with Gasteiger partial charge >= 0.3 is 0 Å². The Morgan fingerprint density at radius 2 is 2.00 bits per heavy atom. The summed E-state index contributed by atoms with van der Waals surface area (Å²) in [4.78, 5) is 0. The maximum Gasteiger partial charge on any atom is -0.0113 e. The highest BCUT2D eigenvalue weighted by Gasteiger charge is 2.53. The number of allylic oxidation sites excluding steroid dienone is 1. The minimum Gasteiger partial charge on any atom is -0.103 e. The van der Waals surface area contributed by atoms with Crippen LogP contribution in [0.25, 0.3) is 0 Å². The highest BCUT2D eigenvalue weighted by molar-refractivity contribution is 5.15. The minimum absolute atomic E-state index is 0.671. The summed E-state index contributed by atoms with van der Waals surface area (Å²) in [6.07, 6.45) is 6.51. The molecular weight excluding hydrogens is 84.1 g/mol. The lowest BCUT2D eigenvalue weighted by molar-refractivity contribution is -0.0597. The second kappa shape index (κ2) is 0.795. The summed E-state index contributed by atoms with van der Waals surface area (Å²) in [6, 6.07) is 0. The first kappa shape index (κ1) is 3.71. The van der Waals surface area contributed by atoms with Crippen molar-refractivity contribution in [2.45, 2.75) is 19.3 Å². The van der Waals surface area contributed by atoms with Crippen molar-refractivity contribution in [2.24, 2.45) is 11.3 Å². The average Bonchev–Trinajstić information content (AvgIpc) is 1.25. The Labute approximate surface area is 44.2 Å². The second-order valence-electron chi connectivity index (χ2n) is 3.04. The molecule has 0 spiro atoms. The van der Waals surface area contributed by atoms with Crippen molar-refractivity contribution in [3.8, 4) is 0 Å². The molecule has 0 nitrogen and oxygen atoms in total. The molecule has 0 aromatic carbocycles. The summed E-state index contributed by atoms with van der Waals surface area (Å²) in [5.74, 6) is 1.11. The highest BCUT2D eigenvalue weighted by Crippen LogP contribution is 2.64. The Balaban J connectivity index is 2.16. The van der Waals surface area contributed by atoms with Crippen LogP contribution in [0.15, 0.2) is 12.7 Å². The SMILES string of the molecule is C=CC12CC(C1)C2. The Kier molecular flexibility index (Phi) is 0.421. The molecule has 3 rings (SSSR count). The van der Waals surface area contributed by atoms with E-state index in [0.717, 1.165) is 5.92 Å². The van der Waals surface area contributed by atoms with Crippen molar-refractivity contribution in [3.63, 3.8) is 0 Å². The van der Waals surface area contributed by atoms with Gasteiger partial charge in [-0.15, -0.1) is 6.58 Å². The van der Waals surface area contributed by atoms with E-state index in [4.69, 9.17) is 0 Å². The molecule has 0 N–H and O–H groups in total.